The molecular weight excluding hydrogens is 195 g/mol. The monoisotopic (exact) mass is 205 g/mol. The van der Waals surface area contributed by atoms with Gasteiger partial charge >= 0.3 is 6.18 Å². The quantitative estimate of drug-likeness (QED) is 0.801. The van der Waals surface area contributed by atoms with E-state index in [0.717, 1.165) is 0 Å². The Labute approximate surface area is 79.7 Å². The van der Waals surface area contributed by atoms with Gasteiger partial charge in [-0.05, 0) is 12.1 Å². The predicted octanol–water partition coefficient (Wildman–Crippen LogP) is 2.76. The van der Waals surface area contributed by atoms with E-state index >= 15 is 0 Å². The molecule has 0 heterocycles. The molecule has 1 aromatic rings. The van der Waals surface area contributed by atoms with E-state index in [9.17, 15) is 13.2 Å². The predicted molar refractivity (Wildman–Crippen MR) is 47.5 cm³/mol. The number of benzene rings is 1. The van der Waals surface area contributed by atoms with E-state index in [0.29, 0.717) is 0 Å². The fourth-order valence-electron chi connectivity index (χ4n) is 1.20. The van der Waals surface area contributed by atoms with E-state index in [1.807, 2.05) is 0 Å². The Bertz CT molecular complexity index is 300. The Morgan fingerprint density at radius 3 is 2.36 bits per heavy atom. The number of rotatable bonds is 2. The van der Waals surface area contributed by atoms with Crippen LogP contribution in [0.2, 0.25) is 0 Å². The van der Waals surface area contributed by atoms with Crippen molar-refractivity contribution in [2.24, 2.45) is 0 Å². The largest absolute Gasteiger partial charge is 0.496 e. The van der Waals surface area contributed by atoms with Crippen molar-refractivity contribution in [3.8, 4) is 5.75 Å². The maximum Gasteiger partial charge on any atom is 0.421 e. The zero-order valence-electron chi connectivity index (χ0n) is 7.77. The third-order valence-corrected chi connectivity index (χ3v) is 1.80. The third-order valence-electron chi connectivity index (χ3n) is 1.80. The van der Waals surface area contributed by atoms with Crippen molar-refractivity contribution in [2.45, 2.75) is 6.18 Å². The summed E-state index contributed by atoms with van der Waals surface area (Å²) >= 11 is 0. The van der Waals surface area contributed by atoms with Crippen LogP contribution in [0.1, 0.15) is 5.56 Å². The lowest BCUT2D eigenvalue weighted by Crippen LogP contribution is -2.10. The van der Waals surface area contributed by atoms with Crippen molar-refractivity contribution in [3.63, 3.8) is 0 Å². The molecule has 0 aliphatic heterocycles. The Kier molecular flexibility index (Phi) is 2.88. The fourth-order valence-corrected chi connectivity index (χ4v) is 1.20. The van der Waals surface area contributed by atoms with E-state index in [1.54, 1.807) is 0 Å². The van der Waals surface area contributed by atoms with E-state index in [1.165, 1.54) is 32.4 Å². The molecule has 0 spiro atoms. The molecule has 0 atom stereocenters. The molecule has 0 bridgehead atoms. The highest BCUT2D eigenvalue weighted by Crippen LogP contribution is 2.40. The van der Waals surface area contributed by atoms with Crippen LogP contribution in [0.15, 0.2) is 18.2 Å². The summed E-state index contributed by atoms with van der Waals surface area (Å²) in [6.45, 7) is 0. The molecule has 0 radical (unpaired) electrons. The SMILES string of the molecule is CNc1cccc(OC)c1C(F)(F)F. The molecule has 78 valence electrons. The summed E-state index contributed by atoms with van der Waals surface area (Å²) in [5.41, 5.74) is -0.762. The summed E-state index contributed by atoms with van der Waals surface area (Å²) in [6, 6.07) is 4.13. The molecule has 1 rings (SSSR count). The van der Waals surface area contributed by atoms with Crippen molar-refractivity contribution in [1.29, 1.82) is 0 Å². The maximum atomic E-state index is 12.6. The summed E-state index contributed by atoms with van der Waals surface area (Å²) in [4.78, 5) is 0. The van der Waals surface area contributed by atoms with Gasteiger partial charge in [0.2, 0.25) is 0 Å². The molecule has 14 heavy (non-hydrogen) atoms. The second-order valence-corrected chi connectivity index (χ2v) is 2.63. The molecule has 0 unspecified atom stereocenters. The van der Waals surface area contributed by atoms with Gasteiger partial charge in [-0.3, -0.25) is 0 Å². The summed E-state index contributed by atoms with van der Waals surface area (Å²) < 4.78 is 42.3. The number of nitrogens with one attached hydrogen (secondary N) is 1. The van der Waals surface area contributed by atoms with Crippen LogP contribution in [0.4, 0.5) is 18.9 Å². The molecule has 5 heteroatoms. The number of halogens is 3. The first kappa shape index (κ1) is 10.7. The average molecular weight is 205 g/mol. The van der Waals surface area contributed by atoms with Crippen LogP contribution in [0.5, 0.6) is 5.75 Å². The van der Waals surface area contributed by atoms with Gasteiger partial charge in [-0.1, -0.05) is 6.07 Å². The van der Waals surface area contributed by atoms with Crippen LogP contribution < -0.4 is 10.1 Å². The van der Waals surface area contributed by atoms with Gasteiger partial charge in [-0.15, -0.1) is 0 Å². The smallest absolute Gasteiger partial charge is 0.421 e. The molecule has 0 saturated heterocycles. The first-order valence-electron chi connectivity index (χ1n) is 3.92. The molecule has 0 aliphatic carbocycles. The highest BCUT2D eigenvalue weighted by atomic mass is 19.4. The number of ether oxygens (including phenoxy) is 1. The Morgan fingerprint density at radius 1 is 1.29 bits per heavy atom. The molecule has 0 aromatic heterocycles. The van der Waals surface area contributed by atoms with Crippen LogP contribution in [0.25, 0.3) is 0 Å². The van der Waals surface area contributed by atoms with Gasteiger partial charge in [0.1, 0.15) is 11.3 Å². The van der Waals surface area contributed by atoms with Gasteiger partial charge in [0.25, 0.3) is 0 Å². The fraction of sp³-hybridized carbons (Fsp3) is 0.333. The van der Waals surface area contributed by atoms with E-state index in [-0.39, 0.29) is 11.4 Å². The van der Waals surface area contributed by atoms with E-state index < -0.39 is 11.7 Å². The van der Waals surface area contributed by atoms with E-state index in [2.05, 4.69) is 10.1 Å². The van der Waals surface area contributed by atoms with Crippen LogP contribution in [0, 0.1) is 0 Å². The third kappa shape index (κ3) is 1.92. The highest BCUT2D eigenvalue weighted by Gasteiger charge is 2.36. The maximum absolute atomic E-state index is 12.6. The number of anilines is 1. The summed E-state index contributed by atoms with van der Waals surface area (Å²) in [6.07, 6.45) is -4.41. The normalized spacial score (nSPS) is 11.2. The second-order valence-electron chi connectivity index (χ2n) is 2.63. The van der Waals surface area contributed by atoms with Crippen molar-refractivity contribution in [2.75, 3.05) is 19.5 Å². The van der Waals surface area contributed by atoms with Gasteiger partial charge in [-0.25, -0.2) is 0 Å². The van der Waals surface area contributed by atoms with Gasteiger partial charge in [0, 0.05) is 12.7 Å². The van der Waals surface area contributed by atoms with E-state index in [4.69, 9.17) is 0 Å². The van der Waals surface area contributed by atoms with Crippen LogP contribution in [-0.2, 0) is 6.18 Å². The average Bonchev–Trinajstić information content (AvgIpc) is 2.15. The lowest BCUT2D eigenvalue weighted by atomic mass is 10.1. The minimum absolute atomic E-state index is 0.0110. The van der Waals surface area contributed by atoms with Gasteiger partial charge in [-0.2, -0.15) is 13.2 Å². The molecule has 0 saturated carbocycles. The standard InChI is InChI=1S/C9H10F3NO/c1-13-6-4-3-5-7(14-2)8(6)9(10,11)12/h3-5,13H,1-2H3. The number of hydrogen-bond acceptors (Lipinski definition) is 2. The second kappa shape index (κ2) is 3.77. The van der Waals surface area contributed by atoms with Gasteiger partial charge in [0.05, 0.1) is 7.11 Å². The summed E-state index contributed by atoms with van der Waals surface area (Å²) in [5.74, 6) is -0.177. The summed E-state index contributed by atoms with van der Waals surface area (Å²) in [7, 11) is 2.65. The van der Waals surface area contributed by atoms with Crippen molar-refractivity contribution >= 4 is 5.69 Å². The van der Waals surface area contributed by atoms with Crippen LogP contribution >= 0.6 is 0 Å². The zero-order valence-corrected chi connectivity index (χ0v) is 7.77. The van der Waals surface area contributed by atoms with Crippen LogP contribution in [-0.4, -0.2) is 14.2 Å². The number of methoxy groups -OCH3 is 1. The number of alkyl halides is 3. The van der Waals surface area contributed by atoms with Crippen LogP contribution in [0.3, 0.4) is 0 Å². The molecular formula is C9H10F3NO. The Hall–Kier alpha value is -1.39. The van der Waals surface area contributed by atoms with Crippen molar-refractivity contribution in [1.82, 2.24) is 0 Å². The zero-order chi connectivity index (χ0) is 10.8. The molecule has 1 aromatic carbocycles. The lowest BCUT2D eigenvalue weighted by Gasteiger charge is -2.15. The summed E-state index contributed by atoms with van der Waals surface area (Å²) in [5, 5.41) is 2.48. The molecule has 0 fully saturated rings. The van der Waals surface area contributed by atoms with Gasteiger partial charge < -0.3 is 10.1 Å². The molecule has 2 nitrogen and oxygen atoms in total. The van der Waals surface area contributed by atoms with Crippen molar-refractivity contribution in [3.05, 3.63) is 23.8 Å². The Morgan fingerprint density at radius 2 is 1.93 bits per heavy atom. The first-order chi connectivity index (χ1) is 6.50. The van der Waals surface area contributed by atoms with Crippen molar-refractivity contribution < 1.29 is 17.9 Å². The Balaban J connectivity index is 3.34. The highest BCUT2D eigenvalue weighted by molar-refractivity contribution is 5.58. The lowest BCUT2D eigenvalue weighted by molar-refractivity contribution is -0.138. The molecule has 0 aliphatic rings. The molecule has 1 N–H and O–H groups in total. The minimum atomic E-state index is -4.41. The van der Waals surface area contributed by atoms with Gasteiger partial charge in [0.15, 0.2) is 0 Å². The first-order valence-corrected chi connectivity index (χ1v) is 3.92. The minimum Gasteiger partial charge on any atom is -0.496 e. The molecule has 0 amide bonds. The number of hydrogen-bond donors (Lipinski definition) is 1. The topological polar surface area (TPSA) is 21.3 Å².